The SMILES string of the molecule is Cc1ccc(C=C2C(=O)CCc3ccccc32)o1. The topological polar surface area (TPSA) is 30.2 Å². The van der Waals surface area contributed by atoms with E-state index in [4.69, 9.17) is 4.42 Å². The zero-order chi connectivity index (χ0) is 12.5. The van der Waals surface area contributed by atoms with E-state index in [9.17, 15) is 4.79 Å². The molecule has 2 heteroatoms. The quantitative estimate of drug-likeness (QED) is 0.710. The molecule has 3 rings (SSSR count). The standard InChI is InChI=1S/C16H14O2/c1-11-6-8-13(18-11)10-15-14-5-3-2-4-12(14)7-9-16(15)17/h2-6,8,10H,7,9H2,1H3. The van der Waals surface area contributed by atoms with Gasteiger partial charge in [-0.1, -0.05) is 24.3 Å². The van der Waals surface area contributed by atoms with Gasteiger partial charge in [0.2, 0.25) is 0 Å². The maximum absolute atomic E-state index is 12.1. The van der Waals surface area contributed by atoms with Crippen molar-refractivity contribution in [3.63, 3.8) is 0 Å². The van der Waals surface area contributed by atoms with Crippen molar-refractivity contribution in [1.29, 1.82) is 0 Å². The van der Waals surface area contributed by atoms with Crippen LogP contribution >= 0.6 is 0 Å². The van der Waals surface area contributed by atoms with Gasteiger partial charge in [-0.15, -0.1) is 0 Å². The normalized spacial score (nSPS) is 16.9. The molecule has 0 spiro atoms. The van der Waals surface area contributed by atoms with Crippen LogP contribution in [0.4, 0.5) is 0 Å². The molecular weight excluding hydrogens is 224 g/mol. The minimum absolute atomic E-state index is 0.197. The number of rotatable bonds is 1. The zero-order valence-electron chi connectivity index (χ0n) is 10.3. The lowest BCUT2D eigenvalue weighted by atomic mass is 9.86. The Balaban J connectivity index is 2.10. The highest BCUT2D eigenvalue weighted by atomic mass is 16.3. The molecule has 0 fully saturated rings. The van der Waals surface area contributed by atoms with E-state index < -0.39 is 0 Å². The summed E-state index contributed by atoms with van der Waals surface area (Å²) in [5.41, 5.74) is 3.06. The molecule has 90 valence electrons. The lowest BCUT2D eigenvalue weighted by Gasteiger charge is -2.17. The van der Waals surface area contributed by atoms with Gasteiger partial charge in [0.15, 0.2) is 5.78 Å². The van der Waals surface area contributed by atoms with Gasteiger partial charge in [-0.2, -0.15) is 0 Å². The van der Waals surface area contributed by atoms with E-state index in [2.05, 4.69) is 6.07 Å². The zero-order valence-corrected chi connectivity index (χ0v) is 10.3. The van der Waals surface area contributed by atoms with Gasteiger partial charge in [0.25, 0.3) is 0 Å². The number of hydrogen-bond acceptors (Lipinski definition) is 2. The minimum atomic E-state index is 0.197. The van der Waals surface area contributed by atoms with Crippen LogP contribution in [0.5, 0.6) is 0 Å². The molecule has 2 aromatic rings. The number of allylic oxidation sites excluding steroid dienone is 1. The van der Waals surface area contributed by atoms with Crippen LogP contribution in [0.15, 0.2) is 40.8 Å². The maximum atomic E-state index is 12.1. The monoisotopic (exact) mass is 238 g/mol. The summed E-state index contributed by atoms with van der Waals surface area (Å²) in [6.45, 7) is 1.90. The summed E-state index contributed by atoms with van der Waals surface area (Å²) in [4.78, 5) is 12.1. The Morgan fingerprint density at radius 1 is 1.11 bits per heavy atom. The van der Waals surface area contributed by atoms with Crippen LogP contribution in [-0.2, 0) is 11.2 Å². The second-order valence-electron chi connectivity index (χ2n) is 4.59. The number of carbonyl (C=O) groups is 1. The van der Waals surface area contributed by atoms with Crippen molar-refractivity contribution in [3.8, 4) is 0 Å². The number of aryl methyl sites for hydroxylation is 2. The highest BCUT2D eigenvalue weighted by molar-refractivity contribution is 6.26. The van der Waals surface area contributed by atoms with Crippen molar-refractivity contribution in [2.45, 2.75) is 19.8 Å². The molecule has 0 unspecified atom stereocenters. The van der Waals surface area contributed by atoms with E-state index in [1.165, 1.54) is 5.56 Å². The average Bonchev–Trinajstić information content (AvgIpc) is 2.79. The van der Waals surface area contributed by atoms with Crippen molar-refractivity contribution in [3.05, 3.63) is 59.0 Å². The molecule has 1 aliphatic carbocycles. The molecule has 2 nitrogen and oxygen atoms in total. The number of ketones is 1. The van der Waals surface area contributed by atoms with Gasteiger partial charge in [0, 0.05) is 12.0 Å². The molecular formula is C16H14O2. The molecule has 0 radical (unpaired) electrons. The van der Waals surface area contributed by atoms with Gasteiger partial charge in [-0.05, 0) is 42.7 Å². The first kappa shape index (κ1) is 11.0. The fraction of sp³-hybridized carbons (Fsp3) is 0.188. The number of furan rings is 1. The minimum Gasteiger partial charge on any atom is -0.462 e. The van der Waals surface area contributed by atoms with Gasteiger partial charge in [-0.3, -0.25) is 4.79 Å². The van der Waals surface area contributed by atoms with Crippen LogP contribution in [0, 0.1) is 6.92 Å². The molecule has 1 aromatic heterocycles. The largest absolute Gasteiger partial charge is 0.462 e. The second-order valence-corrected chi connectivity index (χ2v) is 4.59. The van der Waals surface area contributed by atoms with E-state index in [1.54, 1.807) is 0 Å². The number of carbonyl (C=O) groups excluding carboxylic acids is 1. The summed E-state index contributed by atoms with van der Waals surface area (Å²) in [5, 5.41) is 0. The first-order chi connectivity index (χ1) is 8.74. The molecule has 0 amide bonds. The third kappa shape index (κ3) is 1.90. The van der Waals surface area contributed by atoms with E-state index in [0.29, 0.717) is 6.42 Å². The predicted molar refractivity (Wildman–Crippen MR) is 71.1 cm³/mol. The van der Waals surface area contributed by atoms with Crippen molar-refractivity contribution < 1.29 is 9.21 Å². The van der Waals surface area contributed by atoms with Crippen LogP contribution in [0.25, 0.3) is 11.6 Å². The van der Waals surface area contributed by atoms with E-state index >= 15 is 0 Å². The Labute approximate surface area is 106 Å². The van der Waals surface area contributed by atoms with Crippen molar-refractivity contribution in [1.82, 2.24) is 0 Å². The first-order valence-electron chi connectivity index (χ1n) is 6.13. The van der Waals surface area contributed by atoms with Crippen molar-refractivity contribution >= 4 is 17.4 Å². The van der Waals surface area contributed by atoms with Gasteiger partial charge < -0.3 is 4.42 Å². The maximum Gasteiger partial charge on any atom is 0.163 e. The molecule has 18 heavy (non-hydrogen) atoms. The van der Waals surface area contributed by atoms with Crippen LogP contribution in [0.2, 0.25) is 0 Å². The number of Topliss-reactive ketones (excluding diaryl/α,β-unsaturated/α-hetero) is 1. The summed E-state index contributed by atoms with van der Waals surface area (Å²) in [6.07, 6.45) is 3.28. The molecule has 0 saturated heterocycles. The first-order valence-corrected chi connectivity index (χ1v) is 6.13. The van der Waals surface area contributed by atoms with Crippen LogP contribution in [0.1, 0.15) is 29.1 Å². The highest BCUT2D eigenvalue weighted by Gasteiger charge is 2.21. The second kappa shape index (κ2) is 4.30. The summed E-state index contributed by atoms with van der Waals surface area (Å²) < 4.78 is 5.52. The highest BCUT2D eigenvalue weighted by Crippen LogP contribution is 2.30. The third-order valence-electron chi connectivity index (χ3n) is 3.28. The molecule has 0 aliphatic heterocycles. The fourth-order valence-corrected chi connectivity index (χ4v) is 2.37. The number of benzene rings is 1. The summed E-state index contributed by atoms with van der Waals surface area (Å²) in [5.74, 6) is 1.80. The van der Waals surface area contributed by atoms with Gasteiger partial charge >= 0.3 is 0 Å². The van der Waals surface area contributed by atoms with Crippen molar-refractivity contribution in [2.75, 3.05) is 0 Å². The lowest BCUT2D eigenvalue weighted by molar-refractivity contribution is -0.113. The molecule has 1 aliphatic rings. The summed E-state index contributed by atoms with van der Waals surface area (Å²) >= 11 is 0. The van der Waals surface area contributed by atoms with Gasteiger partial charge in [0.05, 0.1) is 0 Å². The van der Waals surface area contributed by atoms with E-state index in [0.717, 1.165) is 29.1 Å². The Kier molecular flexibility index (Phi) is 2.63. The molecule has 1 aromatic carbocycles. The van der Waals surface area contributed by atoms with Crippen LogP contribution in [0.3, 0.4) is 0 Å². The van der Waals surface area contributed by atoms with E-state index in [-0.39, 0.29) is 5.78 Å². The summed E-state index contributed by atoms with van der Waals surface area (Å²) in [7, 11) is 0. The molecule has 0 N–H and O–H groups in total. The van der Waals surface area contributed by atoms with Gasteiger partial charge in [-0.25, -0.2) is 0 Å². The molecule has 0 bridgehead atoms. The Hall–Kier alpha value is -2.09. The Morgan fingerprint density at radius 2 is 1.94 bits per heavy atom. The number of fused-ring (bicyclic) bond motifs is 1. The average molecular weight is 238 g/mol. The van der Waals surface area contributed by atoms with Crippen LogP contribution < -0.4 is 0 Å². The molecule has 0 atom stereocenters. The predicted octanol–water partition coefficient (Wildman–Crippen LogP) is 3.64. The Morgan fingerprint density at radius 3 is 2.72 bits per heavy atom. The smallest absolute Gasteiger partial charge is 0.163 e. The van der Waals surface area contributed by atoms with Crippen LogP contribution in [-0.4, -0.2) is 5.78 Å². The van der Waals surface area contributed by atoms with E-state index in [1.807, 2.05) is 43.3 Å². The summed E-state index contributed by atoms with van der Waals surface area (Å²) in [6, 6.07) is 11.9. The van der Waals surface area contributed by atoms with Crippen molar-refractivity contribution in [2.24, 2.45) is 0 Å². The molecule has 1 heterocycles. The Bertz CT molecular complexity index is 632. The molecule has 0 saturated carbocycles. The lowest BCUT2D eigenvalue weighted by Crippen LogP contribution is -2.11. The third-order valence-corrected chi connectivity index (χ3v) is 3.28. The number of hydrogen-bond donors (Lipinski definition) is 0. The van der Waals surface area contributed by atoms with Gasteiger partial charge in [0.1, 0.15) is 11.5 Å². The fourth-order valence-electron chi connectivity index (χ4n) is 2.37.